The molecule has 0 spiro atoms. The fourth-order valence-corrected chi connectivity index (χ4v) is 4.33. The highest BCUT2D eigenvalue weighted by atomic mass is 14.6. The maximum absolute atomic E-state index is 6.20. The van der Waals surface area contributed by atoms with E-state index < -0.39 is 0 Å². The van der Waals surface area contributed by atoms with Crippen molar-refractivity contribution in [1.82, 2.24) is 0 Å². The lowest BCUT2D eigenvalue weighted by Crippen LogP contribution is -2.42. The quantitative estimate of drug-likeness (QED) is 0.775. The van der Waals surface area contributed by atoms with Gasteiger partial charge < -0.3 is 5.73 Å². The Morgan fingerprint density at radius 1 is 1.12 bits per heavy atom. The summed E-state index contributed by atoms with van der Waals surface area (Å²) in [5.74, 6) is 2.88. The first-order valence-corrected chi connectivity index (χ1v) is 7.90. The van der Waals surface area contributed by atoms with Crippen molar-refractivity contribution >= 4 is 0 Å². The van der Waals surface area contributed by atoms with E-state index in [0.29, 0.717) is 5.41 Å². The maximum Gasteiger partial charge on any atom is -0.00179 e. The molecular formula is C16H31N. The highest BCUT2D eigenvalue weighted by Gasteiger charge is 2.41. The topological polar surface area (TPSA) is 26.0 Å². The van der Waals surface area contributed by atoms with Crippen molar-refractivity contribution in [2.24, 2.45) is 28.9 Å². The summed E-state index contributed by atoms with van der Waals surface area (Å²) in [6.07, 6.45) is 12.9. The minimum Gasteiger partial charge on any atom is -0.330 e. The number of hydrogen-bond donors (Lipinski definition) is 1. The zero-order valence-corrected chi connectivity index (χ0v) is 11.9. The summed E-state index contributed by atoms with van der Waals surface area (Å²) in [6, 6.07) is 0. The zero-order chi connectivity index (χ0) is 12.3. The summed E-state index contributed by atoms with van der Waals surface area (Å²) in [5.41, 5.74) is 6.73. The second-order valence-electron chi connectivity index (χ2n) is 6.89. The second kappa shape index (κ2) is 5.73. The molecular weight excluding hydrogens is 206 g/mol. The Morgan fingerprint density at radius 2 is 1.82 bits per heavy atom. The molecule has 17 heavy (non-hydrogen) atoms. The van der Waals surface area contributed by atoms with Gasteiger partial charge >= 0.3 is 0 Å². The Hall–Kier alpha value is -0.0400. The van der Waals surface area contributed by atoms with Gasteiger partial charge in [-0.15, -0.1) is 0 Å². The molecule has 0 aromatic rings. The third-order valence-electron chi connectivity index (χ3n) is 5.90. The molecule has 0 bridgehead atoms. The SMILES string of the molecule is CCC1CCCC(C2(CN)CCC(C)CC2)C1. The third kappa shape index (κ3) is 2.86. The van der Waals surface area contributed by atoms with E-state index in [2.05, 4.69) is 13.8 Å². The van der Waals surface area contributed by atoms with Gasteiger partial charge in [0.2, 0.25) is 0 Å². The summed E-state index contributed by atoms with van der Waals surface area (Å²) < 4.78 is 0. The van der Waals surface area contributed by atoms with E-state index in [1.807, 2.05) is 0 Å². The van der Waals surface area contributed by atoms with E-state index >= 15 is 0 Å². The summed E-state index contributed by atoms with van der Waals surface area (Å²) in [7, 11) is 0. The highest BCUT2D eigenvalue weighted by Crippen LogP contribution is 2.50. The lowest BCUT2D eigenvalue weighted by Gasteiger charge is -2.47. The van der Waals surface area contributed by atoms with Gasteiger partial charge in [-0.05, 0) is 55.4 Å². The minimum atomic E-state index is 0.528. The van der Waals surface area contributed by atoms with Crippen LogP contribution in [0, 0.1) is 23.2 Å². The predicted molar refractivity (Wildman–Crippen MR) is 74.9 cm³/mol. The first-order chi connectivity index (χ1) is 8.20. The average molecular weight is 237 g/mol. The van der Waals surface area contributed by atoms with Crippen molar-refractivity contribution in [2.45, 2.75) is 71.6 Å². The molecule has 100 valence electrons. The molecule has 0 aliphatic heterocycles. The molecule has 0 aromatic carbocycles. The fourth-order valence-electron chi connectivity index (χ4n) is 4.33. The summed E-state index contributed by atoms with van der Waals surface area (Å²) >= 11 is 0. The van der Waals surface area contributed by atoms with Crippen molar-refractivity contribution in [2.75, 3.05) is 6.54 Å². The maximum atomic E-state index is 6.20. The molecule has 2 N–H and O–H groups in total. The van der Waals surface area contributed by atoms with Gasteiger partial charge in [-0.3, -0.25) is 0 Å². The van der Waals surface area contributed by atoms with Gasteiger partial charge in [0.1, 0.15) is 0 Å². The van der Waals surface area contributed by atoms with Crippen LogP contribution < -0.4 is 5.73 Å². The van der Waals surface area contributed by atoms with E-state index in [4.69, 9.17) is 5.73 Å². The molecule has 1 heteroatoms. The molecule has 2 aliphatic rings. The van der Waals surface area contributed by atoms with E-state index in [9.17, 15) is 0 Å². The predicted octanol–water partition coefficient (Wildman–Crippen LogP) is 4.36. The van der Waals surface area contributed by atoms with Crippen molar-refractivity contribution in [3.63, 3.8) is 0 Å². The lowest BCUT2D eigenvalue weighted by atomic mass is 9.59. The molecule has 0 aromatic heterocycles. The van der Waals surface area contributed by atoms with Crippen molar-refractivity contribution in [3.05, 3.63) is 0 Å². The molecule has 0 radical (unpaired) electrons. The van der Waals surface area contributed by atoms with E-state index in [0.717, 1.165) is 24.3 Å². The number of hydrogen-bond acceptors (Lipinski definition) is 1. The van der Waals surface area contributed by atoms with Crippen LogP contribution in [0.3, 0.4) is 0 Å². The molecule has 0 saturated heterocycles. The Kier molecular flexibility index (Phi) is 4.52. The van der Waals surface area contributed by atoms with E-state index in [-0.39, 0.29) is 0 Å². The molecule has 2 unspecified atom stereocenters. The molecule has 2 aliphatic carbocycles. The average Bonchev–Trinajstić information content (AvgIpc) is 2.40. The summed E-state index contributed by atoms with van der Waals surface area (Å²) in [6.45, 7) is 5.72. The van der Waals surface area contributed by atoms with Crippen LogP contribution in [0.15, 0.2) is 0 Å². The molecule has 0 heterocycles. The molecule has 2 fully saturated rings. The number of rotatable bonds is 3. The van der Waals surface area contributed by atoms with Gasteiger partial charge in [0, 0.05) is 0 Å². The van der Waals surface area contributed by atoms with Crippen LogP contribution in [0.5, 0.6) is 0 Å². The first-order valence-electron chi connectivity index (χ1n) is 7.90. The van der Waals surface area contributed by atoms with E-state index in [1.165, 1.54) is 57.8 Å². The normalized spacial score (nSPS) is 43.6. The van der Waals surface area contributed by atoms with Crippen LogP contribution >= 0.6 is 0 Å². The van der Waals surface area contributed by atoms with E-state index in [1.54, 1.807) is 0 Å². The van der Waals surface area contributed by atoms with Gasteiger partial charge in [0.25, 0.3) is 0 Å². The van der Waals surface area contributed by atoms with Crippen LogP contribution in [0.25, 0.3) is 0 Å². The van der Waals surface area contributed by atoms with Crippen LogP contribution in [0.1, 0.15) is 71.6 Å². The minimum absolute atomic E-state index is 0.528. The van der Waals surface area contributed by atoms with Crippen LogP contribution in [-0.2, 0) is 0 Å². The Balaban J connectivity index is 2.01. The third-order valence-corrected chi connectivity index (χ3v) is 5.90. The fraction of sp³-hybridized carbons (Fsp3) is 1.00. The highest BCUT2D eigenvalue weighted by molar-refractivity contribution is 4.93. The lowest BCUT2D eigenvalue weighted by molar-refractivity contribution is 0.0436. The van der Waals surface area contributed by atoms with Crippen molar-refractivity contribution < 1.29 is 0 Å². The molecule has 2 rings (SSSR count). The Morgan fingerprint density at radius 3 is 2.41 bits per heavy atom. The molecule has 1 nitrogen and oxygen atoms in total. The molecule has 0 amide bonds. The van der Waals surface area contributed by atoms with Gasteiger partial charge in [0.15, 0.2) is 0 Å². The summed E-state index contributed by atoms with van der Waals surface area (Å²) in [5, 5.41) is 0. The van der Waals surface area contributed by atoms with Crippen LogP contribution in [0.4, 0.5) is 0 Å². The Labute approximate surface area is 108 Å². The van der Waals surface area contributed by atoms with Gasteiger partial charge in [0.05, 0.1) is 0 Å². The van der Waals surface area contributed by atoms with Gasteiger partial charge in [-0.25, -0.2) is 0 Å². The van der Waals surface area contributed by atoms with Gasteiger partial charge in [-0.2, -0.15) is 0 Å². The van der Waals surface area contributed by atoms with Crippen LogP contribution in [-0.4, -0.2) is 6.54 Å². The van der Waals surface area contributed by atoms with Crippen molar-refractivity contribution in [3.8, 4) is 0 Å². The molecule has 2 saturated carbocycles. The second-order valence-corrected chi connectivity index (χ2v) is 6.89. The van der Waals surface area contributed by atoms with Crippen LogP contribution in [0.2, 0.25) is 0 Å². The van der Waals surface area contributed by atoms with Gasteiger partial charge in [-0.1, -0.05) is 46.0 Å². The number of nitrogens with two attached hydrogens (primary N) is 1. The molecule has 2 atom stereocenters. The standard InChI is InChI=1S/C16H31N/c1-3-14-5-4-6-15(11-14)16(12-17)9-7-13(2)8-10-16/h13-15H,3-12,17H2,1-2H3. The zero-order valence-electron chi connectivity index (χ0n) is 11.9. The largest absolute Gasteiger partial charge is 0.330 e. The summed E-state index contributed by atoms with van der Waals surface area (Å²) in [4.78, 5) is 0. The van der Waals surface area contributed by atoms with Crippen molar-refractivity contribution in [1.29, 1.82) is 0 Å². The first kappa shape index (κ1) is 13.4. The smallest absolute Gasteiger partial charge is 0.00179 e. The Bertz CT molecular complexity index is 228. The monoisotopic (exact) mass is 237 g/mol.